The van der Waals surface area contributed by atoms with Crippen LogP contribution in [0.1, 0.15) is 59.3 Å². The molecule has 1 heterocycles. The monoisotopic (exact) mass is 319 g/mol. The van der Waals surface area contributed by atoms with Crippen molar-refractivity contribution in [2.24, 2.45) is 0 Å². The van der Waals surface area contributed by atoms with Crippen molar-refractivity contribution in [3.63, 3.8) is 0 Å². The Hall–Kier alpha value is -0.140. The molecule has 118 valence electrons. The van der Waals surface area contributed by atoms with Crippen molar-refractivity contribution in [1.29, 1.82) is 0 Å². The molecule has 0 fully saturated rings. The second-order valence-electron chi connectivity index (χ2n) is 5.65. The van der Waals surface area contributed by atoms with Crippen molar-refractivity contribution in [3.05, 3.63) is 12.7 Å². The van der Waals surface area contributed by atoms with Crippen molar-refractivity contribution in [2.45, 2.75) is 65.6 Å². The minimum atomic E-state index is -0.874. The normalized spacial score (nSPS) is 11.3. The molecule has 0 aliphatic carbocycles. The van der Waals surface area contributed by atoms with Gasteiger partial charge in [0.1, 0.15) is 12.7 Å². The summed E-state index contributed by atoms with van der Waals surface area (Å²) in [5, 5.41) is 4.36. The van der Waals surface area contributed by atoms with Gasteiger partial charge in [0.05, 0.1) is 18.5 Å². The molecule has 0 amide bonds. The van der Waals surface area contributed by atoms with Gasteiger partial charge >= 0.3 is 0 Å². The first kappa shape index (κ1) is 19.9. The highest BCUT2D eigenvalue weighted by atomic mass is 35.5. The van der Waals surface area contributed by atoms with E-state index in [4.69, 9.17) is 0 Å². The number of aromatic nitrogens is 3. The maximum absolute atomic E-state index is 4.36. The highest BCUT2D eigenvalue weighted by Crippen LogP contribution is 2.61. The second kappa shape index (κ2) is 11.5. The van der Waals surface area contributed by atoms with Gasteiger partial charge in [0.25, 0.3) is 0 Å². The lowest BCUT2D eigenvalue weighted by Crippen LogP contribution is -3.00. The summed E-state index contributed by atoms with van der Waals surface area (Å²) in [4.78, 5) is 4.12. The van der Waals surface area contributed by atoms with E-state index in [0.29, 0.717) is 0 Å². The van der Waals surface area contributed by atoms with Crippen LogP contribution >= 0.6 is 7.26 Å². The molecule has 3 nitrogen and oxygen atoms in total. The van der Waals surface area contributed by atoms with Gasteiger partial charge in [0.15, 0.2) is 6.29 Å². The fraction of sp³-hybridized carbons (Fsp3) is 0.867. The molecule has 0 saturated carbocycles. The lowest BCUT2D eigenvalue weighted by Gasteiger charge is -2.27. The van der Waals surface area contributed by atoms with E-state index in [2.05, 4.69) is 35.5 Å². The van der Waals surface area contributed by atoms with E-state index >= 15 is 0 Å². The van der Waals surface area contributed by atoms with Crippen LogP contribution in [0.25, 0.3) is 0 Å². The van der Waals surface area contributed by atoms with Crippen molar-refractivity contribution >= 4 is 7.26 Å². The molecule has 1 aromatic heterocycles. The van der Waals surface area contributed by atoms with E-state index in [-0.39, 0.29) is 12.4 Å². The first-order chi connectivity index (χ1) is 9.26. The minimum absolute atomic E-state index is 0. The smallest absolute Gasteiger partial charge is 0.152 e. The van der Waals surface area contributed by atoms with Crippen LogP contribution in [-0.2, 0) is 6.29 Å². The topological polar surface area (TPSA) is 30.7 Å². The predicted octanol–water partition coefficient (Wildman–Crippen LogP) is 1.66. The average Bonchev–Trinajstić information content (AvgIpc) is 2.93. The lowest BCUT2D eigenvalue weighted by atomic mass is 10.4. The van der Waals surface area contributed by atoms with Crippen LogP contribution in [0, 0.1) is 0 Å². The minimum Gasteiger partial charge on any atom is -1.00 e. The molecule has 0 saturated heterocycles. The summed E-state index contributed by atoms with van der Waals surface area (Å²) in [6, 6.07) is 0. The maximum atomic E-state index is 4.36. The van der Waals surface area contributed by atoms with Crippen LogP contribution in [0.15, 0.2) is 12.7 Å². The van der Waals surface area contributed by atoms with Gasteiger partial charge in [0.2, 0.25) is 0 Å². The molecule has 0 aliphatic heterocycles. The van der Waals surface area contributed by atoms with Gasteiger partial charge in [-0.15, -0.1) is 0 Å². The van der Waals surface area contributed by atoms with Crippen LogP contribution in [0.2, 0.25) is 0 Å². The van der Waals surface area contributed by atoms with Crippen molar-refractivity contribution in [2.75, 3.05) is 18.5 Å². The van der Waals surface area contributed by atoms with E-state index in [0.717, 1.165) is 6.29 Å². The molecule has 20 heavy (non-hydrogen) atoms. The SMILES string of the molecule is CCCC[P+](CCCC)(CCCC)Cn1cncn1.[Cl-]. The average molecular weight is 320 g/mol. The summed E-state index contributed by atoms with van der Waals surface area (Å²) >= 11 is 0. The first-order valence-corrected chi connectivity index (χ1v) is 10.5. The molecule has 1 aromatic rings. The number of hydrogen-bond donors (Lipinski definition) is 0. The van der Waals surface area contributed by atoms with E-state index in [1.165, 1.54) is 57.0 Å². The molecule has 0 N–H and O–H groups in total. The molecule has 5 heteroatoms. The van der Waals surface area contributed by atoms with Crippen LogP contribution in [0.5, 0.6) is 0 Å². The summed E-state index contributed by atoms with van der Waals surface area (Å²) in [6.45, 7) is 6.93. The third-order valence-corrected chi connectivity index (χ3v) is 8.55. The quantitative estimate of drug-likeness (QED) is 0.581. The van der Waals surface area contributed by atoms with Crippen LogP contribution in [0.3, 0.4) is 0 Å². The van der Waals surface area contributed by atoms with Gasteiger partial charge in [-0.1, -0.05) is 40.0 Å². The Kier molecular flexibility index (Phi) is 11.4. The fourth-order valence-corrected chi connectivity index (χ4v) is 7.46. The molecule has 0 aromatic carbocycles. The zero-order valence-corrected chi connectivity index (χ0v) is 15.0. The number of nitrogens with zero attached hydrogens (tertiary/aromatic N) is 3. The van der Waals surface area contributed by atoms with Gasteiger partial charge < -0.3 is 12.4 Å². The van der Waals surface area contributed by atoms with Gasteiger partial charge in [-0.3, -0.25) is 0 Å². The third kappa shape index (κ3) is 7.04. The lowest BCUT2D eigenvalue weighted by molar-refractivity contribution is -0.00000450. The number of halogens is 1. The largest absolute Gasteiger partial charge is 1.00 e. The standard InChI is InChI=1S/C15H31N3P.ClH/c1-4-7-10-19(11-8-5-2,12-9-6-3)15-18-14-16-13-17-18;/h13-14H,4-12,15H2,1-3H3;1H/q+1;/p-1. The van der Waals surface area contributed by atoms with E-state index in [1.54, 1.807) is 6.33 Å². The summed E-state index contributed by atoms with van der Waals surface area (Å²) in [7, 11) is -0.874. The van der Waals surface area contributed by atoms with E-state index in [9.17, 15) is 0 Å². The Morgan fingerprint density at radius 1 is 0.900 bits per heavy atom. The Morgan fingerprint density at radius 3 is 1.75 bits per heavy atom. The van der Waals surface area contributed by atoms with Gasteiger partial charge in [-0.2, -0.15) is 5.10 Å². The summed E-state index contributed by atoms with van der Waals surface area (Å²) < 4.78 is 2.09. The highest BCUT2D eigenvalue weighted by Gasteiger charge is 2.36. The Morgan fingerprint density at radius 2 is 1.40 bits per heavy atom. The van der Waals surface area contributed by atoms with Crippen LogP contribution in [-0.4, -0.2) is 33.3 Å². The summed E-state index contributed by atoms with van der Waals surface area (Å²) in [5.41, 5.74) is 0. The van der Waals surface area contributed by atoms with Crippen molar-refractivity contribution in [3.8, 4) is 0 Å². The maximum Gasteiger partial charge on any atom is 0.152 e. The molecular formula is C15H31ClN3P. The summed E-state index contributed by atoms with van der Waals surface area (Å²) in [6.07, 6.45) is 17.2. The van der Waals surface area contributed by atoms with E-state index in [1.807, 2.05) is 6.33 Å². The van der Waals surface area contributed by atoms with Crippen molar-refractivity contribution in [1.82, 2.24) is 14.8 Å². The Balaban J connectivity index is 0.00000361. The van der Waals surface area contributed by atoms with E-state index < -0.39 is 7.26 Å². The zero-order valence-electron chi connectivity index (χ0n) is 13.4. The molecule has 0 atom stereocenters. The fourth-order valence-electron chi connectivity index (χ4n) is 2.64. The molecule has 0 spiro atoms. The number of unbranched alkanes of at least 4 members (excludes halogenated alkanes) is 3. The first-order valence-electron chi connectivity index (χ1n) is 7.94. The van der Waals surface area contributed by atoms with Gasteiger partial charge in [-0.05, 0) is 19.3 Å². The van der Waals surface area contributed by atoms with Crippen molar-refractivity contribution < 1.29 is 12.4 Å². The Labute approximate surface area is 131 Å². The molecule has 0 radical (unpaired) electrons. The molecule has 1 rings (SSSR count). The van der Waals surface area contributed by atoms with Crippen LogP contribution in [0.4, 0.5) is 0 Å². The van der Waals surface area contributed by atoms with Gasteiger partial charge in [0, 0.05) is 7.26 Å². The summed E-state index contributed by atoms with van der Waals surface area (Å²) in [5.74, 6) is 0. The van der Waals surface area contributed by atoms with Crippen LogP contribution < -0.4 is 12.4 Å². The third-order valence-electron chi connectivity index (χ3n) is 3.87. The second-order valence-corrected chi connectivity index (χ2v) is 9.96. The molecular weight excluding hydrogens is 289 g/mol. The predicted molar refractivity (Wildman–Crippen MR) is 86.3 cm³/mol. The highest BCUT2D eigenvalue weighted by molar-refractivity contribution is 7.74. The Bertz CT molecular complexity index is 295. The zero-order chi connectivity index (χ0) is 14.0. The molecule has 0 aliphatic rings. The molecule has 0 bridgehead atoms. The number of hydrogen-bond acceptors (Lipinski definition) is 2. The number of rotatable bonds is 11. The van der Waals surface area contributed by atoms with Gasteiger partial charge in [-0.25, -0.2) is 9.67 Å². The molecule has 0 unspecified atom stereocenters.